The molecule has 1 N–H and O–H groups in total. The lowest BCUT2D eigenvalue weighted by Gasteiger charge is -2.11. The van der Waals surface area contributed by atoms with E-state index in [-0.39, 0.29) is 11.9 Å². The van der Waals surface area contributed by atoms with Crippen molar-refractivity contribution in [3.8, 4) is 5.75 Å². The van der Waals surface area contributed by atoms with Crippen LogP contribution in [-0.4, -0.2) is 12.5 Å². The second-order valence-electron chi connectivity index (χ2n) is 5.51. The third-order valence-corrected chi connectivity index (χ3v) is 3.70. The van der Waals surface area contributed by atoms with Gasteiger partial charge in [-0.15, -0.1) is 0 Å². The Morgan fingerprint density at radius 1 is 1.25 bits per heavy atom. The van der Waals surface area contributed by atoms with Crippen LogP contribution in [-0.2, 0) is 0 Å². The van der Waals surface area contributed by atoms with E-state index in [4.69, 9.17) is 9.15 Å². The first kappa shape index (κ1) is 15.9. The molecule has 0 spiro atoms. The first-order valence-corrected chi connectivity index (χ1v) is 7.80. The van der Waals surface area contributed by atoms with Gasteiger partial charge < -0.3 is 14.5 Å². The summed E-state index contributed by atoms with van der Waals surface area (Å²) in [5.41, 5.74) is 1.39. The Balaban J connectivity index is 1.68. The van der Waals surface area contributed by atoms with Gasteiger partial charge in [-0.2, -0.15) is 0 Å². The molecule has 4 heteroatoms. The lowest BCUT2D eigenvalue weighted by atomic mass is 10.1. The van der Waals surface area contributed by atoms with Crippen LogP contribution in [0.5, 0.6) is 5.75 Å². The Kier molecular flexibility index (Phi) is 4.66. The summed E-state index contributed by atoms with van der Waals surface area (Å²) in [6, 6.07) is 16.5. The lowest BCUT2D eigenvalue weighted by molar-refractivity contribution is 0.0935. The molecule has 0 aliphatic heterocycles. The summed E-state index contributed by atoms with van der Waals surface area (Å²) >= 11 is 0. The maximum atomic E-state index is 12.4. The maximum absolute atomic E-state index is 12.4. The molecule has 122 valence electrons. The molecule has 2 aromatic carbocycles. The molecule has 24 heavy (non-hydrogen) atoms. The van der Waals surface area contributed by atoms with E-state index in [2.05, 4.69) is 11.9 Å². The number of benzene rings is 2. The molecule has 0 fully saturated rings. The van der Waals surface area contributed by atoms with Gasteiger partial charge in [0.05, 0.1) is 6.04 Å². The highest BCUT2D eigenvalue weighted by Crippen LogP contribution is 2.24. The molecule has 1 unspecified atom stereocenters. The Morgan fingerprint density at radius 3 is 2.71 bits per heavy atom. The number of carbonyl (C=O) groups is 1. The van der Waals surface area contributed by atoms with Gasteiger partial charge >= 0.3 is 0 Å². The normalized spacial score (nSPS) is 11.9. The van der Waals surface area contributed by atoms with Crippen molar-refractivity contribution >= 4 is 16.9 Å². The van der Waals surface area contributed by atoms with Crippen LogP contribution in [0.4, 0.5) is 0 Å². The molecule has 0 aliphatic rings. The number of para-hydroxylation sites is 1. The zero-order valence-corrected chi connectivity index (χ0v) is 13.5. The second-order valence-corrected chi connectivity index (χ2v) is 5.51. The number of hydrogen-bond acceptors (Lipinski definition) is 3. The number of carbonyl (C=O) groups excluding carboxylic acids is 1. The fourth-order valence-electron chi connectivity index (χ4n) is 2.42. The van der Waals surface area contributed by atoms with Crippen molar-refractivity contribution in [3.05, 3.63) is 78.6 Å². The minimum atomic E-state index is -0.221. The molecule has 0 bridgehead atoms. The number of amides is 1. The number of ether oxygens (including phenoxy) is 1. The topological polar surface area (TPSA) is 51.5 Å². The number of rotatable bonds is 6. The van der Waals surface area contributed by atoms with E-state index in [0.29, 0.717) is 17.9 Å². The predicted octanol–water partition coefficient (Wildman–Crippen LogP) is 4.49. The van der Waals surface area contributed by atoms with Gasteiger partial charge in [0.25, 0.3) is 5.91 Å². The van der Waals surface area contributed by atoms with Crippen LogP contribution in [0.25, 0.3) is 11.0 Å². The van der Waals surface area contributed by atoms with E-state index < -0.39 is 0 Å². The summed E-state index contributed by atoms with van der Waals surface area (Å²) in [5, 5.41) is 3.97. The summed E-state index contributed by atoms with van der Waals surface area (Å²) in [6.07, 6.45) is 1.68. The Morgan fingerprint density at radius 2 is 2.00 bits per heavy atom. The van der Waals surface area contributed by atoms with Crippen LogP contribution in [0.15, 0.2) is 71.7 Å². The first-order chi connectivity index (χ1) is 11.7. The zero-order valence-electron chi connectivity index (χ0n) is 13.5. The molecule has 0 aliphatic carbocycles. The molecular formula is C20H19NO3. The summed E-state index contributed by atoms with van der Waals surface area (Å²) < 4.78 is 11.2. The third-order valence-electron chi connectivity index (χ3n) is 3.70. The molecule has 0 saturated carbocycles. The lowest BCUT2D eigenvalue weighted by Crippen LogP contribution is -2.26. The fraction of sp³-hybridized carbons (Fsp3) is 0.150. The van der Waals surface area contributed by atoms with Gasteiger partial charge in [-0.25, -0.2) is 0 Å². The molecule has 3 rings (SSSR count). The first-order valence-electron chi connectivity index (χ1n) is 7.80. The van der Waals surface area contributed by atoms with Crippen LogP contribution in [0.3, 0.4) is 0 Å². The molecule has 0 radical (unpaired) electrons. The van der Waals surface area contributed by atoms with Crippen LogP contribution in [0.2, 0.25) is 0 Å². The Hall–Kier alpha value is -3.01. The highest BCUT2D eigenvalue weighted by atomic mass is 16.5. The van der Waals surface area contributed by atoms with Crippen molar-refractivity contribution in [1.82, 2.24) is 5.32 Å². The monoisotopic (exact) mass is 321 g/mol. The predicted molar refractivity (Wildman–Crippen MR) is 94.2 cm³/mol. The van der Waals surface area contributed by atoms with Crippen molar-refractivity contribution in [2.45, 2.75) is 13.0 Å². The van der Waals surface area contributed by atoms with Crippen molar-refractivity contribution < 1.29 is 13.9 Å². The number of hydrogen-bond donors (Lipinski definition) is 1. The largest absolute Gasteiger partial charge is 0.490 e. The van der Waals surface area contributed by atoms with Gasteiger partial charge in [0.1, 0.15) is 23.7 Å². The Labute approximate surface area is 140 Å². The van der Waals surface area contributed by atoms with Gasteiger partial charge in [-0.05, 0) is 43.3 Å². The molecular weight excluding hydrogens is 302 g/mol. The quantitative estimate of drug-likeness (QED) is 0.681. The van der Waals surface area contributed by atoms with Crippen LogP contribution >= 0.6 is 0 Å². The third kappa shape index (κ3) is 3.49. The SMILES string of the molecule is C=CCOc1ccc(C(=O)NC(C)c2cc3ccccc3o2)cc1. The van der Waals surface area contributed by atoms with E-state index in [1.807, 2.05) is 37.3 Å². The highest BCUT2D eigenvalue weighted by Gasteiger charge is 2.15. The zero-order chi connectivity index (χ0) is 16.9. The standard InChI is InChI=1S/C20H19NO3/c1-3-12-23-17-10-8-15(9-11-17)20(22)21-14(2)19-13-16-6-4-5-7-18(16)24-19/h3-11,13-14H,1,12H2,2H3,(H,21,22). The molecule has 4 nitrogen and oxygen atoms in total. The number of fused-ring (bicyclic) bond motifs is 1. The minimum Gasteiger partial charge on any atom is -0.490 e. The molecule has 1 heterocycles. The summed E-state index contributed by atoms with van der Waals surface area (Å²) in [5.74, 6) is 1.28. The van der Waals surface area contributed by atoms with Crippen LogP contribution in [0.1, 0.15) is 29.1 Å². The average Bonchev–Trinajstić information content (AvgIpc) is 3.04. The van der Waals surface area contributed by atoms with E-state index in [0.717, 1.165) is 16.7 Å². The molecule has 1 atom stereocenters. The molecule has 1 amide bonds. The Bertz CT molecular complexity index is 816. The summed E-state index contributed by atoms with van der Waals surface area (Å²) in [6.45, 7) is 5.94. The van der Waals surface area contributed by atoms with Gasteiger partial charge in [-0.1, -0.05) is 30.9 Å². The van der Waals surface area contributed by atoms with E-state index >= 15 is 0 Å². The van der Waals surface area contributed by atoms with E-state index in [9.17, 15) is 4.79 Å². The second kappa shape index (κ2) is 7.04. The summed E-state index contributed by atoms with van der Waals surface area (Å²) in [4.78, 5) is 12.4. The number of furan rings is 1. The van der Waals surface area contributed by atoms with Gasteiger partial charge in [0.15, 0.2) is 0 Å². The maximum Gasteiger partial charge on any atom is 0.251 e. The van der Waals surface area contributed by atoms with E-state index in [1.54, 1.807) is 30.3 Å². The highest BCUT2D eigenvalue weighted by molar-refractivity contribution is 5.94. The molecule has 3 aromatic rings. The average molecular weight is 321 g/mol. The van der Waals surface area contributed by atoms with Crippen molar-refractivity contribution in [2.24, 2.45) is 0 Å². The van der Waals surface area contributed by atoms with E-state index in [1.165, 1.54) is 0 Å². The van der Waals surface area contributed by atoms with Crippen molar-refractivity contribution in [1.29, 1.82) is 0 Å². The smallest absolute Gasteiger partial charge is 0.251 e. The number of nitrogens with one attached hydrogen (secondary N) is 1. The fourth-order valence-corrected chi connectivity index (χ4v) is 2.42. The van der Waals surface area contributed by atoms with Gasteiger partial charge in [-0.3, -0.25) is 4.79 Å². The van der Waals surface area contributed by atoms with Crippen LogP contribution in [0, 0.1) is 0 Å². The molecule has 1 aromatic heterocycles. The summed E-state index contributed by atoms with van der Waals surface area (Å²) in [7, 11) is 0. The van der Waals surface area contributed by atoms with Crippen molar-refractivity contribution in [2.75, 3.05) is 6.61 Å². The van der Waals surface area contributed by atoms with Crippen molar-refractivity contribution in [3.63, 3.8) is 0 Å². The van der Waals surface area contributed by atoms with Crippen LogP contribution < -0.4 is 10.1 Å². The minimum absolute atomic E-state index is 0.154. The van der Waals surface area contributed by atoms with Gasteiger partial charge in [0, 0.05) is 10.9 Å². The molecule has 0 saturated heterocycles. The van der Waals surface area contributed by atoms with Gasteiger partial charge in [0.2, 0.25) is 0 Å².